The molecule has 0 spiro atoms. The third kappa shape index (κ3) is 3.03. The minimum absolute atomic E-state index is 0.00116. The number of ether oxygens (including phenoxy) is 1. The van der Waals surface area contributed by atoms with Crippen molar-refractivity contribution in [3.05, 3.63) is 35.6 Å². The molecule has 3 heteroatoms. The molecule has 0 heterocycles. The van der Waals surface area contributed by atoms with Crippen LogP contribution in [-0.4, -0.2) is 18.0 Å². The summed E-state index contributed by atoms with van der Waals surface area (Å²) in [6.45, 7) is 4.65. The zero-order valence-corrected chi connectivity index (χ0v) is 11.6. The summed E-state index contributed by atoms with van der Waals surface area (Å²) in [7, 11) is 0. The number of rotatable bonds is 4. The first-order chi connectivity index (χ1) is 9.07. The monoisotopic (exact) mass is 264 g/mol. The van der Waals surface area contributed by atoms with Gasteiger partial charge in [-0.25, -0.2) is 4.39 Å². The summed E-state index contributed by atoms with van der Waals surface area (Å²) in [6, 6.07) is 5.77. The number of carbonyl (C=O) groups excluding carboxylic acids is 1. The van der Waals surface area contributed by atoms with Gasteiger partial charge >= 0.3 is 0 Å². The average molecular weight is 264 g/mol. The molecule has 19 heavy (non-hydrogen) atoms. The van der Waals surface area contributed by atoms with E-state index in [4.69, 9.17) is 4.74 Å². The minimum Gasteiger partial charge on any atom is -0.367 e. The average Bonchev–Trinajstić information content (AvgIpc) is 2.42. The summed E-state index contributed by atoms with van der Waals surface area (Å²) < 4.78 is 18.8. The smallest absolute Gasteiger partial charge is 0.194 e. The van der Waals surface area contributed by atoms with E-state index in [-0.39, 0.29) is 11.6 Å². The zero-order chi connectivity index (χ0) is 13.9. The highest BCUT2D eigenvalue weighted by Gasteiger charge is 2.42. The van der Waals surface area contributed by atoms with E-state index in [1.807, 2.05) is 6.92 Å². The standard InChI is InChI=1S/C16H21FO2/c1-3-19-16(10-8-12(2)9-11-16)15(18)13-4-6-14(17)7-5-13/h4-7,12H,3,8-11H2,1-2H3. The van der Waals surface area contributed by atoms with E-state index in [9.17, 15) is 9.18 Å². The Morgan fingerprint density at radius 2 is 1.89 bits per heavy atom. The van der Waals surface area contributed by atoms with Gasteiger partial charge in [-0.15, -0.1) is 0 Å². The second-order valence-corrected chi connectivity index (χ2v) is 5.45. The molecule has 0 amide bonds. The van der Waals surface area contributed by atoms with Crippen LogP contribution in [0.2, 0.25) is 0 Å². The third-order valence-electron chi connectivity index (χ3n) is 4.02. The van der Waals surface area contributed by atoms with Gasteiger partial charge < -0.3 is 4.74 Å². The molecule has 1 aromatic rings. The second-order valence-electron chi connectivity index (χ2n) is 5.45. The summed E-state index contributed by atoms with van der Waals surface area (Å²) in [5, 5.41) is 0. The van der Waals surface area contributed by atoms with E-state index in [0.29, 0.717) is 18.1 Å². The topological polar surface area (TPSA) is 26.3 Å². The number of carbonyl (C=O) groups is 1. The maximum Gasteiger partial charge on any atom is 0.194 e. The van der Waals surface area contributed by atoms with E-state index in [0.717, 1.165) is 25.7 Å². The number of ketones is 1. The first kappa shape index (κ1) is 14.2. The van der Waals surface area contributed by atoms with Gasteiger partial charge in [0, 0.05) is 12.2 Å². The molecule has 0 aliphatic heterocycles. The lowest BCUT2D eigenvalue weighted by Crippen LogP contribution is -2.44. The van der Waals surface area contributed by atoms with Gasteiger partial charge in [-0.1, -0.05) is 6.92 Å². The molecule has 2 rings (SSSR count). The quantitative estimate of drug-likeness (QED) is 0.768. The highest BCUT2D eigenvalue weighted by molar-refractivity contribution is 6.02. The molecule has 1 aromatic carbocycles. The SMILES string of the molecule is CCOC1(C(=O)c2ccc(F)cc2)CCC(C)CC1. The highest BCUT2D eigenvalue weighted by Crippen LogP contribution is 2.37. The summed E-state index contributed by atoms with van der Waals surface area (Å²) in [5.41, 5.74) is -0.150. The zero-order valence-electron chi connectivity index (χ0n) is 11.6. The molecule has 0 N–H and O–H groups in total. The summed E-state index contributed by atoms with van der Waals surface area (Å²) in [4.78, 5) is 12.7. The predicted molar refractivity (Wildman–Crippen MR) is 72.7 cm³/mol. The molecule has 0 radical (unpaired) electrons. The molecule has 2 nitrogen and oxygen atoms in total. The van der Waals surface area contributed by atoms with Crippen LogP contribution in [0.15, 0.2) is 24.3 Å². The van der Waals surface area contributed by atoms with Gasteiger partial charge in [0.05, 0.1) is 0 Å². The van der Waals surface area contributed by atoms with E-state index in [2.05, 4.69) is 6.92 Å². The summed E-state index contributed by atoms with van der Waals surface area (Å²) in [6.07, 6.45) is 3.54. The van der Waals surface area contributed by atoms with Crippen LogP contribution in [-0.2, 0) is 4.74 Å². The third-order valence-corrected chi connectivity index (χ3v) is 4.02. The Balaban J connectivity index is 2.23. The number of hydrogen-bond donors (Lipinski definition) is 0. The molecule has 0 aromatic heterocycles. The molecule has 1 fully saturated rings. The molecule has 0 atom stereocenters. The fourth-order valence-electron chi connectivity index (χ4n) is 2.81. The van der Waals surface area contributed by atoms with Gasteiger partial charge in [-0.05, 0) is 62.8 Å². The van der Waals surface area contributed by atoms with Crippen molar-refractivity contribution < 1.29 is 13.9 Å². The molecular weight excluding hydrogens is 243 g/mol. The van der Waals surface area contributed by atoms with Crippen molar-refractivity contribution >= 4 is 5.78 Å². The van der Waals surface area contributed by atoms with Crippen LogP contribution >= 0.6 is 0 Å². The lowest BCUT2D eigenvalue weighted by molar-refractivity contribution is -0.0474. The van der Waals surface area contributed by atoms with Crippen LogP contribution in [0.5, 0.6) is 0 Å². The summed E-state index contributed by atoms with van der Waals surface area (Å²) in [5.74, 6) is 0.329. The Bertz CT molecular complexity index is 431. The number of Topliss-reactive ketones (excluding diaryl/α,β-unsaturated/α-hetero) is 1. The van der Waals surface area contributed by atoms with Crippen molar-refractivity contribution in [3.63, 3.8) is 0 Å². The Hall–Kier alpha value is -1.22. The maximum absolute atomic E-state index is 12.9. The van der Waals surface area contributed by atoms with Crippen LogP contribution in [0.1, 0.15) is 49.9 Å². The van der Waals surface area contributed by atoms with Crippen molar-refractivity contribution in [2.24, 2.45) is 5.92 Å². The first-order valence-corrected chi connectivity index (χ1v) is 7.02. The maximum atomic E-state index is 12.9. The van der Waals surface area contributed by atoms with Gasteiger partial charge in [0.25, 0.3) is 0 Å². The fourth-order valence-corrected chi connectivity index (χ4v) is 2.81. The lowest BCUT2D eigenvalue weighted by Gasteiger charge is -2.37. The van der Waals surface area contributed by atoms with Crippen LogP contribution in [0.4, 0.5) is 4.39 Å². The van der Waals surface area contributed by atoms with Crippen LogP contribution in [0.25, 0.3) is 0 Å². The molecule has 1 aliphatic rings. The van der Waals surface area contributed by atoms with Crippen LogP contribution in [0, 0.1) is 11.7 Å². The minimum atomic E-state index is -0.695. The van der Waals surface area contributed by atoms with Crippen LogP contribution in [0.3, 0.4) is 0 Å². The molecule has 0 saturated heterocycles. The Labute approximate surface area is 114 Å². The molecule has 0 unspecified atom stereocenters. The highest BCUT2D eigenvalue weighted by atomic mass is 19.1. The Morgan fingerprint density at radius 1 is 1.32 bits per heavy atom. The number of halogens is 1. The van der Waals surface area contributed by atoms with Crippen molar-refractivity contribution in [2.45, 2.75) is 45.1 Å². The Kier molecular flexibility index (Phi) is 4.35. The van der Waals surface area contributed by atoms with Crippen molar-refractivity contribution in [1.29, 1.82) is 0 Å². The van der Waals surface area contributed by atoms with Crippen molar-refractivity contribution in [2.75, 3.05) is 6.61 Å². The second kappa shape index (κ2) is 5.83. The molecule has 1 aliphatic carbocycles. The van der Waals surface area contributed by atoms with Gasteiger partial charge in [-0.3, -0.25) is 4.79 Å². The van der Waals surface area contributed by atoms with Gasteiger partial charge in [0.2, 0.25) is 0 Å². The van der Waals surface area contributed by atoms with E-state index >= 15 is 0 Å². The largest absolute Gasteiger partial charge is 0.367 e. The van der Waals surface area contributed by atoms with Crippen molar-refractivity contribution in [3.8, 4) is 0 Å². The number of hydrogen-bond acceptors (Lipinski definition) is 2. The van der Waals surface area contributed by atoms with E-state index in [1.54, 1.807) is 12.1 Å². The summed E-state index contributed by atoms with van der Waals surface area (Å²) >= 11 is 0. The predicted octanol–water partition coefficient (Wildman–Crippen LogP) is 3.99. The Morgan fingerprint density at radius 3 is 2.42 bits per heavy atom. The fraction of sp³-hybridized carbons (Fsp3) is 0.562. The normalized spacial score (nSPS) is 27.2. The van der Waals surface area contributed by atoms with Crippen LogP contribution < -0.4 is 0 Å². The molecule has 1 saturated carbocycles. The van der Waals surface area contributed by atoms with Gasteiger partial charge in [-0.2, -0.15) is 0 Å². The van der Waals surface area contributed by atoms with E-state index in [1.165, 1.54) is 12.1 Å². The molecular formula is C16H21FO2. The van der Waals surface area contributed by atoms with E-state index < -0.39 is 5.60 Å². The van der Waals surface area contributed by atoms with Crippen molar-refractivity contribution in [1.82, 2.24) is 0 Å². The van der Waals surface area contributed by atoms with Gasteiger partial charge in [0.1, 0.15) is 11.4 Å². The number of benzene rings is 1. The molecule has 104 valence electrons. The first-order valence-electron chi connectivity index (χ1n) is 7.02. The molecule has 0 bridgehead atoms. The lowest BCUT2D eigenvalue weighted by atomic mass is 9.75. The van der Waals surface area contributed by atoms with Gasteiger partial charge in [0.15, 0.2) is 5.78 Å².